The molecule has 1 aromatic heterocycles. The Kier molecular flexibility index (Phi) is 4.37. The molecule has 92 valence electrons. The van der Waals surface area contributed by atoms with Crippen LogP contribution in [0, 0.1) is 5.92 Å². The number of nitrogens with one attached hydrogen (secondary N) is 1. The topological polar surface area (TPSA) is 24.9 Å². The molecule has 17 heavy (non-hydrogen) atoms. The Balaban J connectivity index is 1.79. The van der Waals surface area contributed by atoms with Crippen LogP contribution in [0.25, 0.3) is 10.2 Å². The first-order chi connectivity index (χ1) is 8.25. The van der Waals surface area contributed by atoms with Crippen molar-refractivity contribution in [2.45, 2.75) is 33.1 Å². The van der Waals surface area contributed by atoms with E-state index in [1.54, 1.807) is 11.3 Å². The number of anilines is 1. The molecular formula is C14H20N2S. The molecule has 0 fully saturated rings. The van der Waals surface area contributed by atoms with Crippen molar-refractivity contribution in [2.24, 2.45) is 5.92 Å². The lowest BCUT2D eigenvalue weighted by Crippen LogP contribution is -2.01. The van der Waals surface area contributed by atoms with E-state index in [1.807, 2.05) is 6.07 Å². The zero-order valence-corrected chi connectivity index (χ0v) is 11.4. The number of hydrogen-bond acceptors (Lipinski definition) is 3. The molecule has 2 rings (SSSR count). The van der Waals surface area contributed by atoms with Gasteiger partial charge in [0.25, 0.3) is 0 Å². The van der Waals surface area contributed by atoms with Gasteiger partial charge in [-0.05, 0) is 24.5 Å². The Morgan fingerprint density at radius 3 is 2.82 bits per heavy atom. The highest BCUT2D eigenvalue weighted by molar-refractivity contribution is 7.22. The molecule has 2 nitrogen and oxygen atoms in total. The monoisotopic (exact) mass is 248 g/mol. The molecule has 0 radical (unpaired) electrons. The third kappa shape index (κ3) is 3.70. The molecule has 0 bridgehead atoms. The molecule has 1 aromatic carbocycles. The molecular weight excluding hydrogens is 228 g/mol. The first-order valence-corrected chi connectivity index (χ1v) is 7.17. The number of para-hydroxylation sites is 1. The van der Waals surface area contributed by atoms with Crippen LogP contribution >= 0.6 is 11.3 Å². The molecule has 0 saturated heterocycles. The van der Waals surface area contributed by atoms with Gasteiger partial charge in [-0.2, -0.15) is 0 Å². The van der Waals surface area contributed by atoms with Crippen molar-refractivity contribution < 1.29 is 0 Å². The van der Waals surface area contributed by atoms with Gasteiger partial charge in [0.2, 0.25) is 0 Å². The van der Waals surface area contributed by atoms with Crippen LogP contribution in [0.2, 0.25) is 0 Å². The first kappa shape index (κ1) is 12.4. The summed E-state index contributed by atoms with van der Waals surface area (Å²) in [6, 6.07) is 8.29. The van der Waals surface area contributed by atoms with Gasteiger partial charge in [0, 0.05) is 6.54 Å². The number of unbranched alkanes of at least 4 members (excludes halogenated alkanes) is 1. The van der Waals surface area contributed by atoms with Crippen molar-refractivity contribution in [2.75, 3.05) is 11.9 Å². The van der Waals surface area contributed by atoms with E-state index in [1.165, 1.54) is 24.0 Å². The Hall–Kier alpha value is -1.09. The number of aromatic nitrogens is 1. The van der Waals surface area contributed by atoms with Gasteiger partial charge in [-0.1, -0.05) is 50.2 Å². The summed E-state index contributed by atoms with van der Waals surface area (Å²) in [6.07, 6.45) is 3.85. The minimum atomic E-state index is 0.817. The lowest BCUT2D eigenvalue weighted by molar-refractivity contribution is 0.545. The van der Waals surface area contributed by atoms with Crippen LogP contribution in [-0.4, -0.2) is 11.5 Å². The van der Waals surface area contributed by atoms with Crippen molar-refractivity contribution in [1.29, 1.82) is 0 Å². The van der Waals surface area contributed by atoms with Crippen molar-refractivity contribution in [1.82, 2.24) is 4.98 Å². The van der Waals surface area contributed by atoms with Gasteiger partial charge in [-0.25, -0.2) is 4.98 Å². The maximum atomic E-state index is 4.55. The highest BCUT2D eigenvalue weighted by atomic mass is 32.1. The van der Waals surface area contributed by atoms with Crippen LogP contribution in [0.15, 0.2) is 24.3 Å². The fourth-order valence-corrected chi connectivity index (χ4v) is 2.71. The van der Waals surface area contributed by atoms with E-state index in [2.05, 4.69) is 42.3 Å². The average molecular weight is 248 g/mol. The maximum absolute atomic E-state index is 4.55. The number of nitrogens with zero attached hydrogens (tertiary/aromatic N) is 1. The Morgan fingerprint density at radius 1 is 1.24 bits per heavy atom. The average Bonchev–Trinajstić information content (AvgIpc) is 2.70. The minimum Gasteiger partial charge on any atom is -0.361 e. The summed E-state index contributed by atoms with van der Waals surface area (Å²) in [5.41, 5.74) is 1.10. The summed E-state index contributed by atoms with van der Waals surface area (Å²) in [6.45, 7) is 5.59. The first-order valence-electron chi connectivity index (χ1n) is 6.35. The molecule has 1 N–H and O–H groups in total. The number of rotatable bonds is 6. The second-order valence-electron chi connectivity index (χ2n) is 4.80. The third-order valence-corrected chi connectivity index (χ3v) is 3.77. The molecule has 0 aliphatic carbocycles. The highest BCUT2D eigenvalue weighted by Gasteiger charge is 2.01. The second kappa shape index (κ2) is 6.01. The van der Waals surface area contributed by atoms with Gasteiger partial charge in [-0.15, -0.1) is 0 Å². The molecule has 0 unspecified atom stereocenters. The van der Waals surface area contributed by atoms with E-state index in [4.69, 9.17) is 0 Å². The van der Waals surface area contributed by atoms with Gasteiger partial charge in [0.1, 0.15) is 0 Å². The van der Waals surface area contributed by atoms with Gasteiger partial charge in [-0.3, -0.25) is 0 Å². The van der Waals surface area contributed by atoms with E-state index < -0.39 is 0 Å². The van der Waals surface area contributed by atoms with Crippen molar-refractivity contribution in [3.05, 3.63) is 24.3 Å². The molecule has 0 spiro atoms. The van der Waals surface area contributed by atoms with E-state index in [9.17, 15) is 0 Å². The summed E-state index contributed by atoms with van der Waals surface area (Å²) in [4.78, 5) is 4.55. The molecule has 0 amide bonds. The van der Waals surface area contributed by atoms with Gasteiger partial charge in [0.15, 0.2) is 5.13 Å². The number of thiazole rings is 1. The Bertz CT molecular complexity index is 429. The predicted octanol–water partition coefficient (Wildman–Crippen LogP) is 4.53. The number of hydrogen-bond donors (Lipinski definition) is 1. The van der Waals surface area contributed by atoms with E-state index in [0.29, 0.717) is 0 Å². The highest BCUT2D eigenvalue weighted by Crippen LogP contribution is 2.25. The maximum Gasteiger partial charge on any atom is 0.183 e. The smallest absolute Gasteiger partial charge is 0.183 e. The van der Waals surface area contributed by atoms with Crippen molar-refractivity contribution in [3.63, 3.8) is 0 Å². The molecule has 0 aliphatic rings. The summed E-state index contributed by atoms with van der Waals surface area (Å²) in [7, 11) is 0. The summed E-state index contributed by atoms with van der Waals surface area (Å²) in [5, 5.41) is 4.47. The second-order valence-corrected chi connectivity index (χ2v) is 5.83. The van der Waals surface area contributed by atoms with Crippen LogP contribution in [0.5, 0.6) is 0 Å². The molecule has 0 atom stereocenters. The normalized spacial score (nSPS) is 11.2. The third-order valence-electron chi connectivity index (χ3n) is 2.78. The summed E-state index contributed by atoms with van der Waals surface area (Å²) < 4.78 is 1.26. The summed E-state index contributed by atoms with van der Waals surface area (Å²) >= 11 is 1.74. The van der Waals surface area contributed by atoms with E-state index >= 15 is 0 Å². The zero-order valence-electron chi connectivity index (χ0n) is 10.6. The zero-order chi connectivity index (χ0) is 12.1. The van der Waals surface area contributed by atoms with Crippen LogP contribution in [-0.2, 0) is 0 Å². The number of benzene rings is 1. The Labute approximate surface area is 107 Å². The van der Waals surface area contributed by atoms with Gasteiger partial charge in [0.05, 0.1) is 10.2 Å². The lowest BCUT2D eigenvalue weighted by atomic mass is 10.1. The molecule has 0 aliphatic heterocycles. The molecule has 2 aromatic rings. The Morgan fingerprint density at radius 2 is 2.06 bits per heavy atom. The van der Waals surface area contributed by atoms with E-state index in [-0.39, 0.29) is 0 Å². The predicted molar refractivity (Wildman–Crippen MR) is 76.8 cm³/mol. The minimum absolute atomic E-state index is 0.817. The van der Waals surface area contributed by atoms with Crippen molar-refractivity contribution in [3.8, 4) is 0 Å². The van der Waals surface area contributed by atoms with E-state index in [0.717, 1.165) is 23.1 Å². The largest absolute Gasteiger partial charge is 0.361 e. The summed E-state index contributed by atoms with van der Waals surface area (Å²) in [5.74, 6) is 0.817. The number of fused-ring (bicyclic) bond motifs is 1. The van der Waals surface area contributed by atoms with Gasteiger partial charge >= 0.3 is 0 Å². The SMILES string of the molecule is CC(C)CCCCNc1nc2ccccc2s1. The standard InChI is InChI=1S/C14H20N2S/c1-11(2)7-5-6-10-15-14-16-12-8-3-4-9-13(12)17-14/h3-4,8-9,11H,5-7,10H2,1-2H3,(H,15,16). The fraction of sp³-hybridized carbons (Fsp3) is 0.500. The quantitative estimate of drug-likeness (QED) is 0.759. The van der Waals surface area contributed by atoms with Crippen LogP contribution in [0.4, 0.5) is 5.13 Å². The lowest BCUT2D eigenvalue weighted by Gasteiger charge is -2.04. The molecule has 3 heteroatoms. The molecule has 1 heterocycles. The van der Waals surface area contributed by atoms with Gasteiger partial charge < -0.3 is 5.32 Å². The fourth-order valence-electron chi connectivity index (χ4n) is 1.82. The molecule has 0 saturated carbocycles. The van der Waals surface area contributed by atoms with Crippen LogP contribution in [0.1, 0.15) is 33.1 Å². The van der Waals surface area contributed by atoms with Crippen LogP contribution in [0.3, 0.4) is 0 Å². The van der Waals surface area contributed by atoms with Crippen molar-refractivity contribution >= 4 is 26.7 Å². The van der Waals surface area contributed by atoms with Crippen LogP contribution < -0.4 is 5.32 Å².